The number of nitrogens with one attached hydrogen (secondary N) is 2. The van der Waals surface area contributed by atoms with E-state index in [-0.39, 0.29) is 6.04 Å². The van der Waals surface area contributed by atoms with E-state index in [1.165, 1.54) is 4.31 Å². The smallest absolute Gasteiger partial charge is 0.279 e. The molecular weight excluding hydrogens is 274 g/mol. The molecule has 0 aliphatic carbocycles. The van der Waals surface area contributed by atoms with Crippen molar-refractivity contribution in [1.29, 1.82) is 0 Å². The van der Waals surface area contributed by atoms with Gasteiger partial charge in [-0.05, 0) is 24.9 Å². The van der Waals surface area contributed by atoms with Gasteiger partial charge in [0.1, 0.15) is 0 Å². The van der Waals surface area contributed by atoms with Crippen LogP contribution in [0.25, 0.3) is 0 Å². The van der Waals surface area contributed by atoms with Crippen LogP contribution in [0.5, 0.6) is 0 Å². The highest BCUT2D eigenvalue weighted by Crippen LogP contribution is 2.09. The van der Waals surface area contributed by atoms with Crippen LogP contribution in [0, 0.1) is 0 Å². The number of rotatable bonds is 7. The minimum absolute atomic E-state index is 0.264. The summed E-state index contributed by atoms with van der Waals surface area (Å²) in [5, 5.41) is 3.29. The van der Waals surface area contributed by atoms with Crippen LogP contribution in [-0.2, 0) is 16.8 Å². The van der Waals surface area contributed by atoms with Crippen LogP contribution in [0.1, 0.15) is 25.3 Å². The van der Waals surface area contributed by atoms with Crippen LogP contribution in [-0.4, -0.2) is 38.4 Å². The van der Waals surface area contributed by atoms with Crippen LogP contribution in [0.3, 0.4) is 0 Å². The Kier molecular flexibility index (Phi) is 5.54. The summed E-state index contributed by atoms with van der Waals surface area (Å²) in [5.74, 6) is 0. The summed E-state index contributed by atoms with van der Waals surface area (Å²) >= 11 is 0. The van der Waals surface area contributed by atoms with Crippen molar-refractivity contribution < 1.29 is 8.42 Å². The maximum atomic E-state index is 12.3. The summed E-state index contributed by atoms with van der Waals surface area (Å²) in [7, 11) is -3.41. The number of nitrogens with zero attached hydrogens (tertiary/aromatic N) is 1. The molecule has 6 heteroatoms. The molecule has 1 saturated heterocycles. The van der Waals surface area contributed by atoms with E-state index in [4.69, 9.17) is 0 Å². The Morgan fingerprint density at radius 3 is 2.70 bits per heavy atom. The third kappa shape index (κ3) is 4.28. The van der Waals surface area contributed by atoms with Crippen molar-refractivity contribution in [2.24, 2.45) is 0 Å². The Bertz CT molecular complexity index is 498. The molecule has 0 amide bonds. The van der Waals surface area contributed by atoms with Gasteiger partial charge in [0.2, 0.25) is 0 Å². The summed E-state index contributed by atoms with van der Waals surface area (Å²) < 4.78 is 28.8. The molecule has 2 rings (SSSR count). The maximum absolute atomic E-state index is 12.3. The Morgan fingerprint density at radius 2 is 2.10 bits per heavy atom. The molecule has 1 unspecified atom stereocenters. The lowest BCUT2D eigenvalue weighted by Crippen LogP contribution is -2.44. The molecule has 0 spiro atoms. The van der Waals surface area contributed by atoms with E-state index < -0.39 is 10.2 Å². The Balaban J connectivity index is 1.94. The highest BCUT2D eigenvalue weighted by molar-refractivity contribution is 7.87. The van der Waals surface area contributed by atoms with Crippen LogP contribution < -0.4 is 10.0 Å². The van der Waals surface area contributed by atoms with Gasteiger partial charge in [0.25, 0.3) is 10.2 Å². The van der Waals surface area contributed by atoms with Crippen LogP contribution in [0.2, 0.25) is 0 Å². The standard InChI is InChI=1S/C14H23N3O2S/c1-2-17(12-13-7-4-3-5-8-13)20(18,19)16-11-14-9-6-10-15-14/h3-5,7-8,14-16H,2,6,9-12H2,1H3. The fraction of sp³-hybridized carbons (Fsp3) is 0.571. The Labute approximate surface area is 121 Å². The predicted molar refractivity (Wildman–Crippen MR) is 80.5 cm³/mol. The second kappa shape index (κ2) is 7.17. The molecule has 5 nitrogen and oxygen atoms in total. The normalized spacial score (nSPS) is 19.6. The molecule has 112 valence electrons. The van der Waals surface area contributed by atoms with Gasteiger partial charge >= 0.3 is 0 Å². The van der Waals surface area contributed by atoms with Gasteiger partial charge in [0.15, 0.2) is 0 Å². The van der Waals surface area contributed by atoms with E-state index in [0.717, 1.165) is 24.9 Å². The maximum Gasteiger partial charge on any atom is 0.279 e. The van der Waals surface area contributed by atoms with Crippen molar-refractivity contribution >= 4 is 10.2 Å². The lowest BCUT2D eigenvalue weighted by molar-refractivity contribution is 0.410. The molecule has 0 radical (unpaired) electrons. The van der Waals surface area contributed by atoms with Crippen molar-refractivity contribution in [3.8, 4) is 0 Å². The first-order valence-electron chi connectivity index (χ1n) is 7.14. The van der Waals surface area contributed by atoms with Gasteiger partial charge in [0.05, 0.1) is 0 Å². The van der Waals surface area contributed by atoms with E-state index in [1.807, 2.05) is 37.3 Å². The minimum atomic E-state index is -3.41. The first-order valence-corrected chi connectivity index (χ1v) is 8.58. The van der Waals surface area contributed by atoms with Gasteiger partial charge < -0.3 is 5.32 Å². The van der Waals surface area contributed by atoms with Crippen molar-refractivity contribution in [1.82, 2.24) is 14.3 Å². The van der Waals surface area contributed by atoms with E-state index in [0.29, 0.717) is 19.6 Å². The summed E-state index contributed by atoms with van der Waals surface area (Å²) in [4.78, 5) is 0. The minimum Gasteiger partial charge on any atom is -0.313 e. The summed E-state index contributed by atoms with van der Waals surface area (Å²) in [5.41, 5.74) is 0.999. The van der Waals surface area contributed by atoms with Crippen LogP contribution in [0.15, 0.2) is 30.3 Å². The van der Waals surface area contributed by atoms with Crippen LogP contribution >= 0.6 is 0 Å². The largest absolute Gasteiger partial charge is 0.313 e. The molecule has 1 aromatic carbocycles. The van der Waals surface area contributed by atoms with Crippen molar-refractivity contribution in [2.75, 3.05) is 19.6 Å². The Morgan fingerprint density at radius 1 is 1.35 bits per heavy atom. The lowest BCUT2D eigenvalue weighted by atomic mass is 10.2. The molecular formula is C14H23N3O2S. The highest BCUT2D eigenvalue weighted by Gasteiger charge is 2.22. The molecule has 1 atom stereocenters. The molecule has 0 aromatic heterocycles. The predicted octanol–water partition coefficient (Wildman–Crippen LogP) is 1.09. The molecule has 2 N–H and O–H groups in total. The quantitative estimate of drug-likeness (QED) is 0.792. The fourth-order valence-corrected chi connectivity index (χ4v) is 3.64. The fourth-order valence-electron chi connectivity index (χ4n) is 2.38. The van der Waals surface area contributed by atoms with E-state index in [1.54, 1.807) is 0 Å². The molecule has 0 bridgehead atoms. The monoisotopic (exact) mass is 297 g/mol. The lowest BCUT2D eigenvalue weighted by Gasteiger charge is -2.22. The van der Waals surface area contributed by atoms with E-state index >= 15 is 0 Å². The second-order valence-corrected chi connectivity index (χ2v) is 6.81. The zero-order chi connectivity index (χ0) is 14.4. The highest BCUT2D eigenvalue weighted by atomic mass is 32.2. The number of hydrogen-bond acceptors (Lipinski definition) is 3. The average molecular weight is 297 g/mol. The molecule has 1 aliphatic rings. The molecule has 20 heavy (non-hydrogen) atoms. The van der Waals surface area contributed by atoms with E-state index in [9.17, 15) is 8.42 Å². The van der Waals surface area contributed by atoms with Gasteiger partial charge in [-0.15, -0.1) is 0 Å². The zero-order valence-corrected chi connectivity index (χ0v) is 12.7. The third-order valence-corrected chi connectivity index (χ3v) is 5.17. The van der Waals surface area contributed by atoms with Gasteiger partial charge in [-0.3, -0.25) is 0 Å². The summed E-state index contributed by atoms with van der Waals surface area (Å²) in [6.07, 6.45) is 2.15. The summed E-state index contributed by atoms with van der Waals surface area (Å²) in [6, 6.07) is 9.92. The third-order valence-electron chi connectivity index (χ3n) is 3.57. The molecule has 1 heterocycles. The number of hydrogen-bond donors (Lipinski definition) is 2. The van der Waals surface area contributed by atoms with Gasteiger partial charge in [-0.2, -0.15) is 12.7 Å². The summed E-state index contributed by atoms with van der Waals surface area (Å²) in [6.45, 7) is 4.17. The Hall–Kier alpha value is -0.950. The second-order valence-electron chi connectivity index (χ2n) is 5.06. The van der Waals surface area contributed by atoms with Crippen molar-refractivity contribution in [2.45, 2.75) is 32.4 Å². The van der Waals surface area contributed by atoms with Crippen LogP contribution in [0.4, 0.5) is 0 Å². The SMILES string of the molecule is CCN(Cc1ccccc1)S(=O)(=O)NCC1CCCN1. The molecule has 1 fully saturated rings. The van der Waals surface area contributed by atoms with Crippen molar-refractivity contribution in [3.05, 3.63) is 35.9 Å². The molecule has 1 aromatic rings. The first kappa shape index (κ1) is 15.4. The van der Waals surface area contributed by atoms with Gasteiger partial charge in [-0.25, -0.2) is 4.72 Å². The first-order chi connectivity index (χ1) is 9.62. The molecule has 0 saturated carbocycles. The zero-order valence-electron chi connectivity index (χ0n) is 11.9. The van der Waals surface area contributed by atoms with E-state index in [2.05, 4.69) is 10.0 Å². The topological polar surface area (TPSA) is 61.4 Å². The number of benzene rings is 1. The molecule has 1 aliphatic heterocycles. The average Bonchev–Trinajstić information content (AvgIpc) is 2.97. The van der Waals surface area contributed by atoms with Gasteiger partial charge in [0, 0.05) is 25.7 Å². The van der Waals surface area contributed by atoms with Crippen molar-refractivity contribution in [3.63, 3.8) is 0 Å². The van der Waals surface area contributed by atoms with Gasteiger partial charge in [-0.1, -0.05) is 37.3 Å².